The second kappa shape index (κ2) is 21.3. The van der Waals surface area contributed by atoms with E-state index in [0.29, 0.717) is 10.5 Å². The minimum absolute atomic E-state index is 0.0207. The Morgan fingerprint density at radius 3 is 2.35 bits per heavy atom. The fourth-order valence-corrected chi connectivity index (χ4v) is 9.26. The Bertz CT molecular complexity index is 2630. The van der Waals surface area contributed by atoms with Crippen LogP contribution in [-0.4, -0.2) is 112 Å². The number of hydrogen-bond acceptors (Lipinski definition) is 13. The van der Waals surface area contributed by atoms with E-state index >= 15 is 4.39 Å². The van der Waals surface area contributed by atoms with Gasteiger partial charge >= 0.3 is 6.18 Å². The summed E-state index contributed by atoms with van der Waals surface area (Å²) in [6.45, 7) is 11.9. The SMILES string of the molecule is Cc1cc(N2C(=S)N(c3ccc(C#N)c(C(F)(F)F)c3F)C(=O)C2(C)C)cnc1OCCOCCOCC(=O)N[C@H](C(=O)N1C[C@H](O)C[C@H]1C(=O)NCc1ccc(-c2scnc2C)cc1)C(C)(C)C. The lowest BCUT2D eigenvalue weighted by molar-refractivity contribution is -0.144. The number of pyridine rings is 1. The zero-order chi connectivity index (χ0) is 50.6. The first kappa shape index (κ1) is 52.3. The number of likely N-dealkylation sites (tertiary alicyclic amines) is 1. The van der Waals surface area contributed by atoms with Crippen LogP contribution in [0.1, 0.15) is 69.0 Å². The normalized spacial score (nSPS) is 17.5. The molecule has 4 aromatic rings. The molecule has 16 nitrogen and oxygen atoms in total. The minimum Gasteiger partial charge on any atom is -0.475 e. The molecular formula is C47H52F4N8O8S2. The van der Waals surface area contributed by atoms with E-state index < -0.39 is 81.6 Å². The summed E-state index contributed by atoms with van der Waals surface area (Å²) in [5, 5.41) is 25.0. The number of nitriles is 1. The van der Waals surface area contributed by atoms with Gasteiger partial charge in [0.25, 0.3) is 5.91 Å². The first-order valence-electron chi connectivity index (χ1n) is 21.7. The molecule has 6 rings (SSSR count). The highest BCUT2D eigenvalue weighted by Gasteiger charge is 2.52. The summed E-state index contributed by atoms with van der Waals surface area (Å²) in [6.07, 6.45) is -4.74. The number of ether oxygens (including phenoxy) is 3. The molecule has 0 radical (unpaired) electrons. The highest BCUT2D eigenvalue weighted by Crippen LogP contribution is 2.42. The Morgan fingerprint density at radius 2 is 1.72 bits per heavy atom. The summed E-state index contributed by atoms with van der Waals surface area (Å²) in [4.78, 5) is 67.0. The summed E-state index contributed by atoms with van der Waals surface area (Å²) >= 11 is 7.06. The summed E-state index contributed by atoms with van der Waals surface area (Å²) < 4.78 is 73.6. The maximum atomic E-state index is 15.4. The number of carbonyl (C=O) groups is 4. The van der Waals surface area contributed by atoms with Crippen LogP contribution < -0.4 is 25.2 Å². The molecule has 0 aliphatic carbocycles. The number of β-amino-alcohol motifs (C(OH)–C–C–N with tert-alkyl or cyclic N) is 1. The van der Waals surface area contributed by atoms with Gasteiger partial charge in [-0.25, -0.2) is 14.4 Å². The number of aromatic nitrogens is 2. The predicted molar refractivity (Wildman–Crippen MR) is 251 cm³/mol. The molecule has 2 saturated heterocycles. The van der Waals surface area contributed by atoms with Crippen molar-refractivity contribution in [3.05, 3.63) is 87.9 Å². The van der Waals surface area contributed by atoms with E-state index in [0.717, 1.165) is 33.8 Å². The van der Waals surface area contributed by atoms with Crippen molar-refractivity contribution in [2.75, 3.05) is 49.4 Å². The summed E-state index contributed by atoms with van der Waals surface area (Å²) in [6, 6.07) is 10.4. The second-order valence-electron chi connectivity index (χ2n) is 18.0. The topological polar surface area (TPSA) is 200 Å². The number of carbonyl (C=O) groups excluding carboxylic acids is 4. The Kier molecular flexibility index (Phi) is 16.1. The van der Waals surface area contributed by atoms with Gasteiger partial charge in [0, 0.05) is 25.1 Å². The number of benzene rings is 2. The number of anilines is 2. The lowest BCUT2D eigenvalue weighted by Crippen LogP contribution is -2.58. The third-order valence-electron chi connectivity index (χ3n) is 11.5. The minimum atomic E-state index is -5.21. The van der Waals surface area contributed by atoms with Crippen LogP contribution in [0, 0.1) is 36.4 Å². The van der Waals surface area contributed by atoms with E-state index in [9.17, 15) is 37.5 Å². The molecule has 2 aromatic heterocycles. The number of aryl methyl sites for hydroxylation is 2. The lowest BCUT2D eigenvalue weighted by Gasteiger charge is -2.35. The Morgan fingerprint density at radius 1 is 1.04 bits per heavy atom. The molecule has 3 atom stereocenters. The van der Waals surface area contributed by atoms with Crippen molar-refractivity contribution in [2.45, 2.75) is 91.3 Å². The maximum absolute atomic E-state index is 15.4. The number of alkyl halides is 3. The van der Waals surface area contributed by atoms with Gasteiger partial charge in [-0.1, -0.05) is 45.0 Å². The van der Waals surface area contributed by atoms with Crippen LogP contribution in [-0.2, 0) is 41.4 Å². The molecule has 4 amide bonds. The van der Waals surface area contributed by atoms with Gasteiger partial charge in [-0.3, -0.25) is 24.1 Å². The Hall–Kier alpha value is -6.12. The molecule has 2 aliphatic rings. The van der Waals surface area contributed by atoms with Crippen molar-refractivity contribution in [1.29, 1.82) is 5.26 Å². The number of nitrogens with one attached hydrogen (secondary N) is 2. The summed E-state index contributed by atoms with van der Waals surface area (Å²) in [7, 11) is 0. The molecule has 368 valence electrons. The number of halogens is 4. The number of aliphatic hydroxyl groups excluding tert-OH is 1. The maximum Gasteiger partial charge on any atom is 0.420 e. The fraction of sp³-hybridized carbons (Fsp3) is 0.447. The number of nitrogens with zero attached hydrogens (tertiary/aromatic N) is 6. The van der Waals surface area contributed by atoms with Gasteiger partial charge in [-0.2, -0.15) is 18.4 Å². The standard InChI is InChI=1S/C47H52F4N8O8S2/c1-26-18-31(59-44(68)58(43(64)46(59,6)7)33-13-12-30(20-52)36(37(33)48)47(49,50)51)22-54-41(26)67-17-16-65-14-15-66-24-35(61)56-39(45(3,4)5)42(63)57-23-32(60)19-34(57)40(62)53-21-28-8-10-29(11-9-28)38-27(2)55-25-69-38/h8-13,18,22,25,32,34,39,60H,14-17,19,21,23-24H2,1-7H3,(H,53,62)(H,56,61)/t32-,34+,39-/m1/s1. The highest BCUT2D eigenvalue weighted by atomic mass is 32.1. The monoisotopic (exact) mass is 996 g/mol. The van der Waals surface area contributed by atoms with E-state index in [4.69, 9.17) is 31.7 Å². The first-order chi connectivity index (χ1) is 32.4. The summed E-state index contributed by atoms with van der Waals surface area (Å²) in [5.41, 5.74) is -0.356. The Labute approximate surface area is 405 Å². The first-order valence-corrected chi connectivity index (χ1v) is 23.0. The van der Waals surface area contributed by atoms with Crippen LogP contribution in [0.15, 0.2) is 54.2 Å². The van der Waals surface area contributed by atoms with Crippen LogP contribution in [0.4, 0.5) is 28.9 Å². The molecular weight excluding hydrogens is 945 g/mol. The van der Waals surface area contributed by atoms with E-state index in [-0.39, 0.29) is 69.2 Å². The van der Waals surface area contributed by atoms with Crippen molar-refractivity contribution in [3.8, 4) is 22.4 Å². The van der Waals surface area contributed by atoms with Crippen molar-refractivity contribution >= 4 is 63.7 Å². The zero-order valence-corrected chi connectivity index (χ0v) is 40.5. The summed E-state index contributed by atoms with van der Waals surface area (Å²) in [5.74, 6) is -3.90. The number of thiazole rings is 1. The van der Waals surface area contributed by atoms with Crippen molar-refractivity contribution in [3.63, 3.8) is 0 Å². The number of rotatable bonds is 17. The van der Waals surface area contributed by atoms with E-state index in [1.54, 1.807) is 50.6 Å². The molecule has 4 heterocycles. The third-order valence-corrected chi connectivity index (χ3v) is 12.8. The van der Waals surface area contributed by atoms with Crippen molar-refractivity contribution < 1.29 is 56.1 Å². The molecule has 0 spiro atoms. The van der Waals surface area contributed by atoms with E-state index in [2.05, 4.69) is 20.6 Å². The van der Waals surface area contributed by atoms with Crippen LogP contribution in [0.5, 0.6) is 5.88 Å². The van der Waals surface area contributed by atoms with Crippen LogP contribution >= 0.6 is 23.6 Å². The van der Waals surface area contributed by atoms with Gasteiger partial charge < -0.3 is 39.8 Å². The van der Waals surface area contributed by atoms with Gasteiger partial charge in [0.05, 0.1) is 71.2 Å². The van der Waals surface area contributed by atoms with E-state index in [1.807, 2.05) is 31.2 Å². The van der Waals surface area contributed by atoms with Crippen LogP contribution in [0.2, 0.25) is 0 Å². The average Bonchev–Trinajstić information content (AvgIpc) is 3.94. The number of aliphatic hydroxyl groups is 1. The molecule has 0 unspecified atom stereocenters. The highest BCUT2D eigenvalue weighted by molar-refractivity contribution is 7.81. The van der Waals surface area contributed by atoms with Crippen LogP contribution in [0.3, 0.4) is 0 Å². The molecule has 22 heteroatoms. The lowest BCUT2D eigenvalue weighted by atomic mass is 9.85. The Balaban J connectivity index is 0.944. The third kappa shape index (κ3) is 11.7. The van der Waals surface area contributed by atoms with E-state index in [1.165, 1.54) is 35.9 Å². The van der Waals surface area contributed by atoms with Gasteiger partial charge in [0.15, 0.2) is 10.9 Å². The molecule has 3 N–H and O–H groups in total. The quantitative estimate of drug-likeness (QED) is 0.0634. The molecule has 2 aliphatic heterocycles. The molecule has 0 saturated carbocycles. The smallest absolute Gasteiger partial charge is 0.420 e. The largest absolute Gasteiger partial charge is 0.475 e. The molecule has 2 aromatic carbocycles. The molecule has 2 fully saturated rings. The van der Waals surface area contributed by atoms with Gasteiger partial charge in [0.2, 0.25) is 23.6 Å². The number of thiocarbonyl (C=S) groups is 1. The molecule has 0 bridgehead atoms. The van der Waals surface area contributed by atoms with Crippen molar-refractivity contribution in [2.24, 2.45) is 5.41 Å². The second-order valence-corrected chi connectivity index (χ2v) is 19.2. The van der Waals surface area contributed by atoms with Crippen molar-refractivity contribution in [1.82, 2.24) is 25.5 Å². The fourth-order valence-electron chi connectivity index (χ4n) is 7.93. The zero-order valence-electron chi connectivity index (χ0n) is 38.9. The predicted octanol–water partition coefficient (Wildman–Crippen LogP) is 5.99. The average molecular weight is 997 g/mol. The van der Waals surface area contributed by atoms with Gasteiger partial charge in [0.1, 0.15) is 36.4 Å². The van der Waals surface area contributed by atoms with Crippen LogP contribution in [0.25, 0.3) is 10.4 Å². The van der Waals surface area contributed by atoms with Gasteiger partial charge in [-0.15, -0.1) is 11.3 Å². The number of amides is 4. The molecule has 69 heavy (non-hydrogen) atoms. The van der Waals surface area contributed by atoms with Gasteiger partial charge in [-0.05, 0) is 74.7 Å². The number of hydrogen-bond donors (Lipinski definition) is 3.